The Labute approximate surface area is 152 Å². The Morgan fingerprint density at radius 1 is 1.24 bits per heavy atom. The van der Waals surface area contributed by atoms with Crippen LogP contribution in [0.15, 0.2) is 0 Å². The molecule has 1 aliphatic rings. The smallest absolute Gasteiger partial charge is 0.315 e. The van der Waals surface area contributed by atoms with Gasteiger partial charge in [-0.15, -0.1) is 0 Å². The number of amides is 2. The van der Waals surface area contributed by atoms with Crippen molar-refractivity contribution in [3.63, 3.8) is 0 Å². The van der Waals surface area contributed by atoms with Gasteiger partial charge in [0.15, 0.2) is 0 Å². The normalized spacial score (nSPS) is 17.7. The molecule has 142 valence electrons. The molecular weight excluding hydrogens is 314 g/mol. The molecule has 6 nitrogen and oxygen atoms in total. The van der Waals surface area contributed by atoms with Crippen LogP contribution >= 0.6 is 0 Å². The van der Waals surface area contributed by atoms with Crippen LogP contribution in [0, 0.1) is 19.8 Å². The fraction of sp³-hybridized carbons (Fsp3) is 0.789. The van der Waals surface area contributed by atoms with Crippen LogP contribution in [0.25, 0.3) is 0 Å². The van der Waals surface area contributed by atoms with Gasteiger partial charge in [0.25, 0.3) is 0 Å². The third-order valence-corrected chi connectivity index (χ3v) is 5.09. The van der Waals surface area contributed by atoms with Gasteiger partial charge in [0.1, 0.15) is 0 Å². The van der Waals surface area contributed by atoms with Crippen LogP contribution in [0.4, 0.5) is 4.79 Å². The molecule has 0 bridgehead atoms. The zero-order valence-corrected chi connectivity index (χ0v) is 16.7. The highest BCUT2D eigenvalue weighted by molar-refractivity contribution is 5.74. The predicted octanol–water partition coefficient (Wildman–Crippen LogP) is 2.39. The van der Waals surface area contributed by atoms with Gasteiger partial charge in [-0.2, -0.15) is 5.10 Å². The summed E-state index contributed by atoms with van der Waals surface area (Å²) in [5.41, 5.74) is 3.45. The first kappa shape index (κ1) is 19.8. The zero-order valence-electron chi connectivity index (χ0n) is 16.7. The van der Waals surface area contributed by atoms with Crippen LogP contribution in [0.5, 0.6) is 0 Å². The lowest BCUT2D eigenvalue weighted by Gasteiger charge is -2.33. The Bertz CT molecular complexity index is 573. The van der Waals surface area contributed by atoms with E-state index in [1.165, 1.54) is 11.3 Å². The molecule has 0 spiro atoms. The van der Waals surface area contributed by atoms with E-state index in [1.54, 1.807) is 0 Å². The zero-order chi connectivity index (χ0) is 18.6. The van der Waals surface area contributed by atoms with E-state index in [1.807, 2.05) is 18.7 Å². The van der Waals surface area contributed by atoms with E-state index in [4.69, 9.17) is 0 Å². The molecule has 1 aromatic heterocycles. The summed E-state index contributed by atoms with van der Waals surface area (Å²) in [5.74, 6) is 0.702. The lowest BCUT2D eigenvalue weighted by Crippen LogP contribution is -2.50. The summed E-state index contributed by atoms with van der Waals surface area (Å²) in [6, 6.07) is 0.328. The maximum atomic E-state index is 12.3. The highest BCUT2D eigenvalue weighted by atomic mass is 16.2. The minimum atomic E-state index is -0.0472. The molecule has 1 saturated heterocycles. The third-order valence-electron chi connectivity index (χ3n) is 5.09. The number of hydrogen-bond acceptors (Lipinski definition) is 3. The molecule has 0 radical (unpaired) electrons. The Morgan fingerprint density at radius 3 is 2.40 bits per heavy atom. The molecule has 2 rings (SSSR count). The van der Waals surface area contributed by atoms with Crippen LogP contribution in [0.1, 0.15) is 50.6 Å². The Morgan fingerprint density at radius 2 is 1.88 bits per heavy atom. The molecule has 0 saturated carbocycles. The second-order valence-corrected chi connectivity index (χ2v) is 7.96. The maximum Gasteiger partial charge on any atom is 0.315 e. The number of hydrogen-bond donors (Lipinski definition) is 2. The molecular formula is C19H35N5O. The van der Waals surface area contributed by atoms with Crippen molar-refractivity contribution in [1.29, 1.82) is 0 Å². The average Bonchev–Trinajstić information content (AvgIpc) is 2.75. The molecule has 2 heterocycles. The molecule has 2 N–H and O–H groups in total. The van der Waals surface area contributed by atoms with Crippen LogP contribution in [0.2, 0.25) is 0 Å². The van der Waals surface area contributed by atoms with Crippen LogP contribution < -0.4 is 10.6 Å². The number of carbonyl (C=O) groups excluding carboxylic acids is 1. The summed E-state index contributed by atoms with van der Waals surface area (Å²) in [5, 5.41) is 10.7. The molecule has 1 atom stereocenters. The number of nitrogens with one attached hydrogen (secondary N) is 2. The number of aromatic nitrogens is 2. The number of urea groups is 1. The second-order valence-electron chi connectivity index (χ2n) is 7.96. The van der Waals surface area contributed by atoms with Gasteiger partial charge in [-0.3, -0.25) is 4.68 Å². The number of rotatable bonds is 6. The van der Waals surface area contributed by atoms with Crippen molar-refractivity contribution in [2.75, 3.05) is 19.6 Å². The summed E-state index contributed by atoms with van der Waals surface area (Å²) in [4.78, 5) is 14.8. The number of carbonyl (C=O) groups is 1. The van der Waals surface area contributed by atoms with Crippen molar-refractivity contribution in [1.82, 2.24) is 25.3 Å². The summed E-state index contributed by atoms with van der Waals surface area (Å²) < 4.78 is 1.91. The average molecular weight is 350 g/mol. The molecule has 2 amide bonds. The molecule has 0 aliphatic carbocycles. The van der Waals surface area contributed by atoms with Crippen LogP contribution in [-0.2, 0) is 13.5 Å². The van der Waals surface area contributed by atoms with Crippen molar-refractivity contribution in [2.24, 2.45) is 13.0 Å². The number of nitrogens with zero attached hydrogens (tertiary/aromatic N) is 3. The van der Waals surface area contributed by atoms with Gasteiger partial charge in [-0.05, 0) is 51.5 Å². The summed E-state index contributed by atoms with van der Waals surface area (Å²) in [7, 11) is 1.96. The largest absolute Gasteiger partial charge is 0.335 e. The van der Waals surface area contributed by atoms with E-state index < -0.39 is 0 Å². The van der Waals surface area contributed by atoms with Crippen molar-refractivity contribution in [2.45, 2.75) is 66.0 Å². The van der Waals surface area contributed by atoms with E-state index in [0.29, 0.717) is 5.92 Å². The maximum absolute atomic E-state index is 12.3. The topological polar surface area (TPSA) is 62.2 Å². The van der Waals surface area contributed by atoms with Gasteiger partial charge in [0, 0.05) is 44.5 Å². The van der Waals surface area contributed by atoms with E-state index in [-0.39, 0.29) is 18.1 Å². The Hall–Kier alpha value is -1.56. The van der Waals surface area contributed by atoms with Crippen molar-refractivity contribution >= 4 is 6.03 Å². The van der Waals surface area contributed by atoms with Gasteiger partial charge in [0.05, 0.1) is 5.69 Å². The molecule has 0 aromatic carbocycles. The first-order chi connectivity index (χ1) is 11.8. The number of likely N-dealkylation sites (tertiary alicyclic amines) is 1. The monoisotopic (exact) mass is 349 g/mol. The van der Waals surface area contributed by atoms with Gasteiger partial charge in [0.2, 0.25) is 0 Å². The fourth-order valence-electron chi connectivity index (χ4n) is 3.70. The summed E-state index contributed by atoms with van der Waals surface area (Å²) >= 11 is 0. The summed E-state index contributed by atoms with van der Waals surface area (Å²) in [6.45, 7) is 14.0. The standard InChI is InChI=1S/C19H35N5O/c1-13(2)12-24-9-7-17(8-10-24)21-19(25)20-14(3)11-18-15(4)22-23(6)16(18)5/h13-14,17H,7-12H2,1-6H3,(H2,20,21,25)/t14-/m0/s1. The van der Waals surface area contributed by atoms with Crippen molar-refractivity contribution < 1.29 is 4.79 Å². The second kappa shape index (κ2) is 8.70. The Balaban J connectivity index is 1.75. The van der Waals surface area contributed by atoms with E-state index in [9.17, 15) is 4.79 Å². The number of aryl methyl sites for hydroxylation is 2. The van der Waals surface area contributed by atoms with E-state index in [0.717, 1.165) is 44.6 Å². The first-order valence-electron chi connectivity index (χ1n) is 9.54. The van der Waals surface area contributed by atoms with Gasteiger partial charge in [-0.1, -0.05) is 13.8 Å². The molecule has 1 fully saturated rings. The SMILES string of the molecule is Cc1nn(C)c(C)c1C[C@H](C)NC(=O)NC1CCN(CC(C)C)CC1. The fourth-order valence-corrected chi connectivity index (χ4v) is 3.70. The molecule has 25 heavy (non-hydrogen) atoms. The van der Waals surface area contributed by atoms with Gasteiger partial charge in [-0.25, -0.2) is 4.79 Å². The van der Waals surface area contributed by atoms with Crippen LogP contribution in [-0.4, -0.2) is 52.4 Å². The molecule has 0 unspecified atom stereocenters. The van der Waals surface area contributed by atoms with Gasteiger partial charge < -0.3 is 15.5 Å². The van der Waals surface area contributed by atoms with Crippen LogP contribution in [0.3, 0.4) is 0 Å². The van der Waals surface area contributed by atoms with E-state index >= 15 is 0 Å². The molecule has 1 aliphatic heterocycles. The van der Waals surface area contributed by atoms with Gasteiger partial charge >= 0.3 is 6.03 Å². The quantitative estimate of drug-likeness (QED) is 0.829. The minimum absolute atomic E-state index is 0.0472. The van der Waals surface area contributed by atoms with Crippen molar-refractivity contribution in [3.05, 3.63) is 17.0 Å². The first-order valence-corrected chi connectivity index (χ1v) is 9.54. The van der Waals surface area contributed by atoms with E-state index in [2.05, 4.69) is 48.3 Å². The lowest BCUT2D eigenvalue weighted by atomic mass is 10.0. The molecule has 6 heteroatoms. The van der Waals surface area contributed by atoms with Crippen molar-refractivity contribution in [3.8, 4) is 0 Å². The predicted molar refractivity (Wildman–Crippen MR) is 102 cm³/mol. The highest BCUT2D eigenvalue weighted by Crippen LogP contribution is 2.15. The highest BCUT2D eigenvalue weighted by Gasteiger charge is 2.22. The lowest BCUT2D eigenvalue weighted by molar-refractivity contribution is 0.177. The molecule has 1 aromatic rings. The summed E-state index contributed by atoms with van der Waals surface area (Å²) in [6.07, 6.45) is 2.89. The number of piperidine rings is 1. The Kier molecular flexibility index (Phi) is 6.87. The minimum Gasteiger partial charge on any atom is -0.335 e. The third kappa shape index (κ3) is 5.73.